The van der Waals surface area contributed by atoms with Gasteiger partial charge in [-0.1, -0.05) is 13.3 Å². The van der Waals surface area contributed by atoms with Crippen LogP contribution in [0.2, 0.25) is 0 Å². The van der Waals surface area contributed by atoms with Crippen LogP contribution in [0.4, 0.5) is 5.82 Å². The lowest BCUT2D eigenvalue weighted by Crippen LogP contribution is -2.39. The molecule has 8 heteroatoms. The minimum absolute atomic E-state index is 0.407. The molecule has 1 unspecified atom stereocenters. The van der Waals surface area contributed by atoms with E-state index in [9.17, 15) is 0 Å². The van der Waals surface area contributed by atoms with E-state index in [-0.39, 0.29) is 0 Å². The quantitative estimate of drug-likeness (QED) is 0.456. The van der Waals surface area contributed by atoms with Gasteiger partial charge in [0.15, 0.2) is 5.82 Å². The van der Waals surface area contributed by atoms with Crippen LogP contribution in [0.3, 0.4) is 0 Å². The van der Waals surface area contributed by atoms with Crippen molar-refractivity contribution in [3.05, 3.63) is 48.5 Å². The van der Waals surface area contributed by atoms with Gasteiger partial charge in [-0.05, 0) is 62.7 Å². The van der Waals surface area contributed by atoms with Crippen LogP contribution in [-0.2, 0) is 6.54 Å². The fourth-order valence-corrected chi connectivity index (χ4v) is 3.89. The molecule has 0 aliphatic carbocycles. The van der Waals surface area contributed by atoms with Gasteiger partial charge in [-0.3, -0.25) is 4.90 Å². The molecule has 1 fully saturated rings. The zero-order valence-corrected chi connectivity index (χ0v) is 18.3. The summed E-state index contributed by atoms with van der Waals surface area (Å²) >= 11 is 0. The molecule has 3 aromatic rings. The summed E-state index contributed by atoms with van der Waals surface area (Å²) < 4.78 is 11.6. The summed E-state index contributed by atoms with van der Waals surface area (Å²) in [6.45, 7) is 5.41. The molecule has 1 atom stereocenters. The first-order valence-electron chi connectivity index (χ1n) is 11.0. The zero-order valence-electron chi connectivity index (χ0n) is 18.3. The van der Waals surface area contributed by atoms with E-state index in [0.29, 0.717) is 24.4 Å². The summed E-state index contributed by atoms with van der Waals surface area (Å²) in [4.78, 5) is 4.56. The third-order valence-corrected chi connectivity index (χ3v) is 5.49. The molecule has 1 saturated heterocycles. The Hall–Kier alpha value is -3.00. The second-order valence-electron chi connectivity index (χ2n) is 8.00. The maximum absolute atomic E-state index is 5.91. The number of benzene rings is 1. The summed E-state index contributed by atoms with van der Waals surface area (Å²) in [6, 6.07) is 12.2. The highest BCUT2D eigenvalue weighted by Crippen LogP contribution is 2.25. The van der Waals surface area contributed by atoms with Crippen molar-refractivity contribution in [2.45, 2.75) is 45.2 Å². The first kappa shape index (κ1) is 21.2. The number of unbranched alkanes of at least 4 members (excludes halogenated alkanes) is 1. The van der Waals surface area contributed by atoms with Crippen LogP contribution in [0.25, 0.3) is 11.5 Å². The van der Waals surface area contributed by atoms with Gasteiger partial charge in [-0.15, -0.1) is 15.3 Å². The van der Waals surface area contributed by atoms with Crippen molar-refractivity contribution in [3.63, 3.8) is 0 Å². The number of ether oxygens (including phenoxy) is 1. The number of anilines is 1. The number of nitrogens with zero attached hydrogens (tertiary/aromatic N) is 6. The largest absolute Gasteiger partial charge is 0.494 e. The molecule has 0 bridgehead atoms. The SMILES string of the molecule is CCCCOc1ccc(-c2nnc(CN(C)CC3CCCN3c3cccnn3)o2)cc1. The Morgan fingerprint density at radius 1 is 1.16 bits per heavy atom. The van der Waals surface area contributed by atoms with Crippen molar-refractivity contribution >= 4 is 5.82 Å². The topological polar surface area (TPSA) is 80.4 Å². The summed E-state index contributed by atoms with van der Waals surface area (Å²) in [5.41, 5.74) is 0.897. The van der Waals surface area contributed by atoms with Crippen molar-refractivity contribution in [1.29, 1.82) is 0 Å². The van der Waals surface area contributed by atoms with Gasteiger partial charge in [0.25, 0.3) is 0 Å². The monoisotopic (exact) mass is 422 g/mol. The van der Waals surface area contributed by atoms with Crippen LogP contribution in [0, 0.1) is 0 Å². The maximum atomic E-state index is 5.91. The van der Waals surface area contributed by atoms with E-state index in [1.807, 2.05) is 36.4 Å². The zero-order chi connectivity index (χ0) is 21.5. The third-order valence-electron chi connectivity index (χ3n) is 5.49. The first-order chi connectivity index (χ1) is 15.2. The molecule has 0 radical (unpaired) electrons. The number of hydrogen-bond donors (Lipinski definition) is 0. The van der Waals surface area contributed by atoms with E-state index in [4.69, 9.17) is 9.15 Å². The molecular weight excluding hydrogens is 392 g/mol. The molecule has 1 aliphatic heterocycles. The van der Waals surface area contributed by atoms with Crippen LogP contribution >= 0.6 is 0 Å². The second kappa shape index (κ2) is 10.3. The molecule has 31 heavy (non-hydrogen) atoms. The highest BCUT2D eigenvalue weighted by atomic mass is 16.5. The molecule has 0 amide bonds. The van der Waals surface area contributed by atoms with Crippen LogP contribution < -0.4 is 9.64 Å². The molecule has 2 aromatic heterocycles. The molecule has 0 saturated carbocycles. The predicted octanol–water partition coefficient (Wildman–Crippen LogP) is 3.81. The smallest absolute Gasteiger partial charge is 0.247 e. The van der Waals surface area contributed by atoms with E-state index < -0.39 is 0 Å². The van der Waals surface area contributed by atoms with Gasteiger partial charge in [0.2, 0.25) is 11.8 Å². The van der Waals surface area contributed by atoms with Gasteiger partial charge >= 0.3 is 0 Å². The van der Waals surface area contributed by atoms with Gasteiger partial charge in [0.1, 0.15) is 5.75 Å². The highest BCUT2D eigenvalue weighted by Gasteiger charge is 2.27. The lowest BCUT2D eigenvalue weighted by molar-refractivity contribution is 0.272. The predicted molar refractivity (Wildman–Crippen MR) is 119 cm³/mol. The Kier molecular flexibility index (Phi) is 7.09. The van der Waals surface area contributed by atoms with Gasteiger partial charge < -0.3 is 14.1 Å². The minimum Gasteiger partial charge on any atom is -0.494 e. The van der Waals surface area contributed by atoms with Crippen LogP contribution in [0.1, 0.15) is 38.5 Å². The minimum atomic E-state index is 0.407. The lowest BCUT2D eigenvalue weighted by atomic mass is 10.2. The van der Waals surface area contributed by atoms with Crippen LogP contribution in [-0.4, -0.2) is 58.1 Å². The van der Waals surface area contributed by atoms with Crippen molar-refractivity contribution in [1.82, 2.24) is 25.3 Å². The Balaban J connectivity index is 1.32. The van der Waals surface area contributed by atoms with E-state index >= 15 is 0 Å². The second-order valence-corrected chi connectivity index (χ2v) is 8.00. The first-order valence-corrected chi connectivity index (χ1v) is 11.0. The summed E-state index contributed by atoms with van der Waals surface area (Å²) in [5, 5.41) is 16.8. The van der Waals surface area contributed by atoms with E-state index in [2.05, 4.69) is 44.2 Å². The maximum Gasteiger partial charge on any atom is 0.247 e. The van der Waals surface area contributed by atoms with Crippen LogP contribution in [0.5, 0.6) is 5.75 Å². The Bertz CT molecular complexity index is 931. The molecule has 4 rings (SSSR count). The van der Waals surface area contributed by atoms with Crippen LogP contribution in [0.15, 0.2) is 47.0 Å². The molecule has 8 nitrogen and oxygen atoms in total. The summed E-state index contributed by atoms with van der Waals surface area (Å²) in [6.07, 6.45) is 6.19. The standard InChI is InChI=1S/C23H30N6O2/c1-3-4-15-30-20-11-9-18(10-12-20)23-27-26-22(31-23)17-28(2)16-19-7-6-14-29(19)21-8-5-13-24-25-21/h5,8-13,19H,3-4,6-7,14-17H2,1-2H3. The van der Waals surface area contributed by atoms with Crippen molar-refractivity contribution < 1.29 is 9.15 Å². The lowest BCUT2D eigenvalue weighted by Gasteiger charge is -2.28. The average Bonchev–Trinajstić information content (AvgIpc) is 3.45. The molecular formula is C23H30N6O2. The normalized spacial score (nSPS) is 16.2. The summed E-state index contributed by atoms with van der Waals surface area (Å²) in [5.74, 6) is 2.96. The number of hydrogen-bond acceptors (Lipinski definition) is 8. The molecule has 1 aliphatic rings. The fourth-order valence-electron chi connectivity index (χ4n) is 3.89. The van der Waals surface area contributed by atoms with Crippen molar-refractivity contribution in [2.75, 3.05) is 31.6 Å². The van der Waals surface area contributed by atoms with E-state index in [1.54, 1.807) is 6.20 Å². The summed E-state index contributed by atoms with van der Waals surface area (Å²) in [7, 11) is 2.08. The molecule has 0 spiro atoms. The van der Waals surface area contributed by atoms with Gasteiger partial charge in [-0.25, -0.2) is 0 Å². The molecule has 3 heterocycles. The highest BCUT2D eigenvalue weighted by molar-refractivity contribution is 5.53. The third kappa shape index (κ3) is 5.58. The van der Waals surface area contributed by atoms with Crippen molar-refractivity contribution in [3.8, 4) is 17.2 Å². The molecule has 0 N–H and O–H groups in total. The fraction of sp³-hybridized carbons (Fsp3) is 0.478. The van der Waals surface area contributed by atoms with Gasteiger partial charge in [-0.2, -0.15) is 5.10 Å². The molecule has 164 valence electrons. The van der Waals surface area contributed by atoms with Gasteiger partial charge in [0, 0.05) is 30.9 Å². The number of rotatable bonds is 10. The number of aromatic nitrogens is 4. The van der Waals surface area contributed by atoms with E-state index in [0.717, 1.165) is 62.5 Å². The number of likely N-dealkylation sites (N-methyl/N-ethyl adjacent to an activating group) is 1. The Labute approximate surface area is 183 Å². The van der Waals surface area contributed by atoms with E-state index in [1.165, 1.54) is 0 Å². The van der Waals surface area contributed by atoms with Gasteiger partial charge in [0.05, 0.1) is 13.2 Å². The Morgan fingerprint density at radius 3 is 2.81 bits per heavy atom. The molecule has 1 aromatic carbocycles. The Morgan fingerprint density at radius 2 is 2.03 bits per heavy atom. The average molecular weight is 423 g/mol. The van der Waals surface area contributed by atoms with Crippen molar-refractivity contribution in [2.24, 2.45) is 0 Å².